The third-order valence-electron chi connectivity index (χ3n) is 0.703. The Morgan fingerprint density at radius 2 is 2.38 bits per heavy atom. The molecule has 0 rings (SSSR count). The molecule has 0 saturated carbocycles. The third kappa shape index (κ3) is 3.65. The van der Waals surface area contributed by atoms with Crippen molar-refractivity contribution in [3.05, 3.63) is 6.61 Å². The number of hydrogen-bond donors (Lipinski definition) is 0. The summed E-state index contributed by atoms with van der Waals surface area (Å²) >= 11 is 0. The molecule has 0 bridgehead atoms. The van der Waals surface area contributed by atoms with Crippen molar-refractivity contribution in [1.82, 2.24) is 0 Å². The molecular weight excluding hydrogens is 104 g/mol. The maximum atomic E-state index is 10.4. The molecule has 2 nitrogen and oxygen atoms in total. The molecule has 0 aliphatic rings. The van der Waals surface area contributed by atoms with Gasteiger partial charge >= 0.3 is 5.97 Å². The Hall–Kier alpha value is -0.530. The summed E-state index contributed by atoms with van der Waals surface area (Å²) < 4.78 is 4.52. The summed E-state index contributed by atoms with van der Waals surface area (Å²) in [5.41, 5.74) is 0. The van der Waals surface area contributed by atoms with Crippen LogP contribution in [0, 0.1) is 6.61 Å². The lowest BCUT2D eigenvalue weighted by Gasteiger charge is -1.95. The van der Waals surface area contributed by atoms with Crippen LogP contribution < -0.4 is 0 Å². The predicted octanol–water partition coefficient (Wildman–Crippen LogP) is 1.51. The Kier molecular flexibility index (Phi) is 4.32. The molecule has 0 aliphatic carbocycles. The van der Waals surface area contributed by atoms with Crippen molar-refractivity contribution < 1.29 is 9.53 Å². The average molecular weight is 115 g/mol. The van der Waals surface area contributed by atoms with Gasteiger partial charge in [-0.25, -0.2) is 0 Å². The molecule has 0 heterocycles. The fourth-order valence-electron chi connectivity index (χ4n) is 0.394. The Morgan fingerprint density at radius 3 is 2.75 bits per heavy atom. The first kappa shape index (κ1) is 7.47. The van der Waals surface area contributed by atoms with Crippen LogP contribution in [-0.4, -0.2) is 5.97 Å². The standard InChI is InChI=1S/C6H11O2/c1-3-5-6(7)8-4-2/h4H,3,5H2,1-2H3. The highest BCUT2D eigenvalue weighted by Crippen LogP contribution is 1.91. The van der Waals surface area contributed by atoms with Crippen molar-refractivity contribution in [2.45, 2.75) is 26.7 Å². The maximum Gasteiger partial charge on any atom is 0.306 e. The molecule has 0 aromatic heterocycles. The minimum absolute atomic E-state index is 0.144. The molecule has 0 fully saturated rings. The minimum atomic E-state index is -0.144. The molecule has 0 saturated heterocycles. The molecular formula is C6H11O2. The molecule has 1 radical (unpaired) electrons. The zero-order chi connectivity index (χ0) is 6.41. The lowest BCUT2D eigenvalue weighted by atomic mass is 10.3. The molecule has 0 atom stereocenters. The van der Waals surface area contributed by atoms with Crippen molar-refractivity contribution in [2.75, 3.05) is 0 Å². The van der Waals surface area contributed by atoms with E-state index in [4.69, 9.17) is 0 Å². The molecule has 0 unspecified atom stereocenters. The van der Waals surface area contributed by atoms with Crippen LogP contribution in [0.3, 0.4) is 0 Å². The SMILES string of the molecule is C[CH]OC(=O)CCC. The molecule has 0 amide bonds. The van der Waals surface area contributed by atoms with Gasteiger partial charge in [-0.15, -0.1) is 0 Å². The van der Waals surface area contributed by atoms with Crippen LogP contribution in [0.25, 0.3) is 0 Å². The van der Waals surface area contributed by atoms with Crippen LogP contribution in [0.15, 0.2) is 0 Å². The third-order valence-corrected chi connectivity index (χ3v) is 0.703. The van der Waals surface area contributed by atoms with Crippen LogP contribution in [0.1, 0.15) is 26.7 Å². The summed E-state index contributed by atoms with van der Waals surface area (Å²) in [6.07, 6.45) is 1.37. The lowest BCUT2D eigenvalue weighted by molar-refractivity contribution is -0.139. The van der Waals surface area contributed by atoms with Crippen molar-refractivity contribution in [3.63, 3.8) is 0 Å². The smallest absolute Gasteiger partial charge is 0.306 e. The molecule has 8 heavy (non-hydrogen) atoms. The van der Waals surface area contributed by atoms with Gasteiger partial charge in [-0.05, 0) is 13.3 Å². The molecule has 47 valence electrons. The molecule has 0 aromatic rings. The summed E-state index contributed by atoms with van der Waals surface area (Å²) in [7, 11) is 0. The number of hydrogen-bond acceptors (Lipinski definition) is 2. The van der Waals surface area contributed by atoms with Crippen LogP contribution in [0.5, 0.6) is 0 Å². The highest BCUT2D eigenvalue weighted by molar-refractivity contribution is 5.69. The molecule has 0 aromatic carbocycles. The quantitative estimate of drug-likeness (QED) is 0.521. The van der Waals surface area contributed by atoms with Crippen molar-refractivity contribution in [2.24, 2.45) is 0 Å². The zero-order valence-electron chi connectivity index (χ0n) is 5.31. The second-order valence-electron chi connectivity index (χ2n) is 1.48. The first-order chi connectivity index (χ1) is 3.81. The number of ether oxygens (including phenoxy) is 1. The van der Waals surface area contributed by atoms with Crippen LogP contribution in [0.2, 0.25) is 0 Å². The van der Waals surface area contributed by atoms with Crippen molar-refractivity contribution in [3.8, 4) is 0 Å². The second kappa shape index (κ2) is 4.62. The van der Waals surface area contributed by atoms with Gasteiger partial charge < -0.3 is 4.74 Å². The van der Waals surface area contributed by atoms with Crippen LogP contribution in [-0.2, 0) is 9.53 Å². The van der Waals surface area contributed by atoms with Gasteiger partial charge in [0.1, 0.15) is 6.61 Å². The Labute approximate surface area is 49.8 Å². The van der Waals surface area contributed by atoms with Gasteiger partial charge in [-0.2, -0.15) is 0 Å². The predicted molar refractivity (Wildman–Crippen MR) is 31.0 cm³/mol. The highest BCUT2D eigenvalue weighted by Gasteiger charge is 1.95. The van der Waals surface area contributed by atoms with Crippen molar-refractivity contribution in [1.29, 1.82) is 0 Å². The van der Waals surface area contributed by atoms with Crippen LogP contribution >= 0.6 is 0 Å². The normalized spacial score (nSPS) is 8.75. The topological polar surface area (TPSA) is 26.3 Å². The fraction of sp³-hybridized carbons (Fsp3) is 0.667. The summed E-state index contributed by atoms with van der Waals surface area (Å²) in [5, 5.41) is 0. The van der Waals surface area contributed by atoms with E-state index in [2.05, 4.69) is 4.74 Å². The van der Waals surface area contributed by atoms with Gasteiger partial charge in [0.2, 0.25) is 0 Å². The maximum absolute atomic E-state index is 10.4. The van der Waals surface area contributed by atoms with E-state index in [0.29, 0.717) is 6.42 Å². The Morgan fingerprint density at radius 1 is 1.75 bits per heavy atom. The van der Waals surface area contributed by atoms with E-state index in [9.17, 15) is 4.79 Å². The molecule has 0 N–H and O–H groups in total. The van der Waals surface area contributed by atoms with E-state index in [1.54, 1.807) is 6.92 Å². The monoisotopic (exact) mass is 115 g/mol. The number of carbonyl (C=O) groups is 1. The number of rotatable bonds is 3. The average Bonchev–Trinajstić information content (AvgIpc) is 1.68. The fourth-order valence-corrected chi connectivity index (χ4v) is 0.394. The number of esters is 1. The van der Waals surface area contributed by atoms with Gasteiger partial charge in [-0.1, -0.05) is 6.92 Å². The van der Waals surface area contributed by atoms with E-state index >= 15 is 0 Å². The Balaban J connectivity index is 3.06. The molecule has 0 aliphatic heterocycles. The summed E-state index contributed by atoms with van der Waals surface area (Å²) in [5.74, 6) is -0.144. The van der Waals surface area contributed by atoms with Gasteiger partial charge in [-0.3, -0.25) is 4.79 Å². The van der Waals surface area contributed by atoms with Gasteiger partial charge in [0, 0.05) is 6.42 Å². The minimum Gasteiger partial charge on any atom is -0.459 e. The molecule has 2 heteroatoms. The second-order valence-corrected chi connectivity index (χ2v) is 1.48. The van der Waals surface area contributed by atoms with Gasteiger partial charge in [0.05, 0.1) is 0 Å². The number of carbonyl (C=O) groups excluding carboxylic acids is 1. The van der Waals surface area contributed by atoms with E-state index < -0.39 is 0 Å². The first-order valence-corrected chi connectivity index (χ1v) is 2.78. The van der Waals surface area contributed by atoms with E-state index in [1.165, 1.54) is 6.61 Å². The zero-order valence-corrected chi connectivity index (χ0v) is 5.31. The lowest BCUT2D eigenvalue weighted by Crippen LogP contribution is -1.98. The van der Waals surface area contributed by atoms with E-state index in [0.717, 1.165) is 6.42 Å². The summed E-state index contributed by atoms with van der Waals surface area (Å²) in [6.45, 7) is 5.03. The van der Waals surface area contributed by atoms with Crippen LogP contribution in [0.4, 0.5) is 0 Å². The van der Waals surface area contributed by atoms with Crippen molar-refractivity contribution >= 4 is 5.97 Å². The summed E-state index contributed by atoms with van der Waals surface area (Å²) in [4.78, 5) is 10.4. The summed E-state index contributed by atoms with van der Waals surface area (Å²) in [6, 6.07) is 0. The first-order valence-electron chi connectivity index (χ1n) is 2.78. The Bertz CT molecular complexity index is 60.9. The highest BCUT2D eigenvalue weighted by atomic mass is 16.5. The van der Waals surface area contributed by atoms with E-state index in [1.807, 2.05) is 6.92 Å². The largest absolute Gasteiger partial charge is 0.459 e. The van der Waals surface area contributed by atoms with Gasteiger partial charge in [0.15, 0.2) is 0 Å². The van der Waals surface area contributed by atoms with Gasteiger partial charge in [0.25, 0.3) is 0 Å². The molecule has 0 spiro atoms. The van der Waals surface area contributed by atoms with E-state index in [-0.39, 0.29) is 5.97 Å².